The summed E-state index contributed by atoms with van der Waals surface area (Å²) >= 11 is 0. The Bertz CT molecular complexity index is 572. The van der Waals surface area contributed by atoms with Crippen molar-refractivity contribution in [3.05, 3.63) is 60.2 Å². The number of nitrogens with zero attached hydrogens (tertiary/aromatic N) is 2. The molecule has 2 aromatic rings. The van der Waals surface area contributed by atoms with Crippen molar-refractivity contribution in [2.45, 2.75) is 6.42 Å². The molecule has 0 fully saturated rings. The van der Waals surface area contributed by atoms with Gasteiger partial charge in [0.2, 0.25) is 5.95 Å². The summed E-state index contributed by atoms with van der Waals surface area (Å²) in [4.78, 5) is 17.4. The van der Waals surface area contributed by atoms with Gasteiger partial charge in [-0.2, -0.15) is 4.39 Å². The van der Waals surface area contributed by atoms with Gasteiger partial charge in [-0.15, -0.1) is 0 Å². The highest BCUT2D eigenvalue weighted by molar-refractivity contribution is 5.93. The first-order valence-electron chi connectivity index (χ1n) is 6.83. The van der Waals surface area contributed by atoms with Crippen LogP contribution >= 0.6 is 0 Å². The Morgan fingerprint density at radius 2 is 2.00 bits per heavy atom. The molecule has 0 radical (unpaired) electrons. The fraction of sp³-hybridized carbons (Fsp3) is 0.250. The Morgan fingerprint density at radius 1 is 1.24 bits per heavy atom. The van der Waals surface area contributed by atoms with Crippen LogP contribution in [-0.4, -0.2) is 31.0 Å². The van der Waals surface area contributed by atoms with E-state index in [1.807, 2.05) is 37.4 Å². The van der Waals surface area contributed by atoms with Crippen molar-refractivity contribution < 1.29 is 9.18 Å². The molecular weight excluding hydrogens is 269 g/mol. The second kappa shape index (κ2) is 7.38. The highest BCUT2D eigenvalue weighted by atomic mass is 19.1. The molecule has 1 amide bonds. The van der Waals surface area contributed by atoms with Crippen LogP contribution in [-0.2, 0) is 0 Å². The number of amides is 1. The third kappa shape index (κ3) is 4.56. The zero-order chi connectivity index (χ0) is 15.1. The summed E-state index contributed by atoms with van der Waals surface area (Å²) in [7, 11) is 2.01. The van der Waals surface area contributed by atoms with E-state index in [9.17, 15) is 9.18 Å². The number of para-hydroxylation sites is 1. The highest BCUT2D eigenvalue weighted by Crippen LogP contribution is 2.10. The van der Waals surface area contributed by atoms with E-state index in [-0.39, 0.29) is 5.91 Å². The predicted molar refractivity (Wildman–Crippen MR) is 80.9 cm³/mol. The van der Waals surface area contributed by atoms with E-state index in [0.717, 1.165) is 18.7 Å². The van der Waals surface area contributed by atoms with Crippen LogP contribution in [0.3, 0.4) is 0 Å². The van der Waals surface area contributed by atoms with Crippen molar-refractivity contribution in [3.63, 3.8) is 0 Å². The van der Waals surface area contributed by atoms with E-state index in [2.05, 4.69) is 15.2 Å². The smallest absolute Gasteiger partial charge is 0.252 e. The molecule has 5 heteroatoms. The fourth-order valence-electron chi connectivity index (χ4n) is 1.94. The summed E-state index contributed by atoms with van der Waals surface area (Å²) in [6.45, 7) is 1.40. The molecular formula is C16H18FN3O. The molecule has 0 spiro atoms. The molecule has 0 unspecified atom stereocenters. The predicted octanol–water partition coefficient (Wildman–Crippen LogP) is 2.48. The summed E-state index contributed by atoms with van der Waals surface area (Å²) in [5.74, 6) is -0.819. The van der Waals surface area contributed by atoms with Gasteiger partial charge < -0.3 is 10.2 Å². The summed E-state index contributed by atoms with van der Waals surface area (Å²) in [6.07, 6.45) is 2.06. The van der Waals surface area contributed by atoms with Crippen LogP contribution in [0, 0.1) is 5.95 Å². The van der Waals surface area contributed by atoms with Gasteiger partial charge in [0, 0.05) is 32.0 Å². The number of benzene rings is 1. The van der Waals surface area contributed by atoms with Crippen LogP contribution in [0.1, 0.15) is 16.8 Å². The molecule has 0 atom stereocenters. The van der Waals surface area contributed by atoms with E-state index >= 15 is 0 Å². The molecule has 1 aromatic carbocycles. The maximum absolute atomic E-state index is 12.7. The fourth-order valence-corrected chi connectivity index (χ4v) is 1.94. The molecule has 0 aliphatic rings. The number of rotatable bonds is 6. The van der Waals surface area contributed by atoms with Crippen LogP contribution in [0.5, 0.6) is 0 Å². The Kier molecular flexibility index (Phi) is 5.26. The van der Waals surface area contributed by atoms with Crippen molar-refractivity contribution in [2.24, 2.45) is 0 Å². The minimum absolute atomic E-state index is 0.232. The summed E-state index contributed by atoms with van der Waals surface area (Å²) < 4.78 is 12.7. The largest absolute Gasteiger partial charge is 0.375 e. The normalized spacial score (nSPS) is 10.2. The van der Waals surface area contributed by atoms with Gasteiger partial charge >= 0.3 is 0 Å². The quantitative estimate of drug-likeness (QED) is 0.656. The molecule has 2 rings (SSSR count). The number of hydrogen-bond donors (Lipinski definition) is 1. The topological polar surface area (TPSA) is 45.2 Å². The number of pyridine rings is 1. The minimum Gasteiger partial charge on any atom is -0.375 e. The molecule has 1 aromatic heterocycles. The maximum Gasteiger partial charge on any atom is 0.252 e. The van der Waals surface area contributed by atoms with E-state index in [1.165, 1.54) is 18.3 Å². The van der Waals surface area contributed by atoms with Gasteiger partial charge in [0.1, 0.15) is 0 Å². The zero-order valence-corrected chi connectivity index (χ0v) is 11.9. The Balaban J connectivity index is 1.72. The number of carbonyl (C=O) groups is 1. The average Bonchev–Trinajstić information content (AvgIpc) is 2.52. The van der Waals surface area contributed by atoms with Crippen molar-refractivity contribution >= 4 is 11.6 Å². The highest BCUT2D eigenvalue weighted by Gasteiger charge is 2.06. The van der Waals surface area contributed by atoms with E-state index in [1.54, 1.807) is 0 Å². The van der Waals surface area contributed by atoms with Crippen molar-refractivity contribution in [1.82, 2.24) is 10.3 Å². The third-order valence-electron chi connectivity index (χ3n) is 3.14. The van der Waals surface area contributed by atoms with Crippen LogP contribution in [0.15, 0.2) is 48.7 Å². The van der Waals surface area contributed by atoms with Crippen LogP contribution in [0.25, 0.3) is 0 Å². The van der Waals surface area contributed by atoms with E-state index < -0.39 is 5.95 Å². The van der Waals surface area contributed by atoms with Crippen LogP contribution in [0.2, 0.25) is 0 Å². The Labute approximate surface area is 123 Å². The first kappa shape index (κ1) is 15.0. The molecule has 21 heavy (non-hydrogen) atoms. The van der Waals surface area contributed by atoms with Gasteiger partial charge in [0.15, 0.2) is 0 Å². The Morgan fingerprint density at radius 3 is 2.67 bits per heavy atom. The number of anilines is 1. The van der Waals surface area contributed by atoms with Gasteiger partial charge in [-0.05, 0) is 30.7 Å². The second-order valence-electron chi connectivity index (χ2n) is 4.74. The number of aromatic nitrogens is 1. The average molecular weight is 287 g/mol. The lowest BCUT2D eigenvalue weighted by molar-refractivity contribution is 0.0953. The Hall–Kier alpha value is -2.43. The molecule has 1 N–H and O–H groups in total. The molecule has 1 heterocycles. The molecule has 0 saturated carbocycles. The lowest BCUT2D eigenvalue weighted by Gasteiger charge is -2.19. The van der Waals surface area contributed by atoms with Gasteiger partial charge in [0.25, 0.3) is 5.91 Å². The van der Waals surface area contributed by atoms with E-state index in [0.29, 0.717) is 12.1 Å². The lowest BCUT2D eigenvalue weighted by atomic mass is 10.2. The number of halogens is 1. The van der Waals surface area contributed by atoms with Crippen molar-refractivity contribution in [2.75, 3.05) is 25.0 Å². The lowest BCUT2D eigenvalue weighted by Crippen LogP contribution is -2.28. The monoisotopic (exact) mass is 287 g/mol. The van der Waals surface area contributed by atoms with Crippen molar-refractivity contribution in [1.29, 1.82) is 0 Å². The molecule has 110 valence electrons. The number of hydrogen-bond acceptors (Lipinski definition) is 3. The van der Waals surface area contributed by atoms with Crippen LogP contribution < -0.4 is 10.2 Å². The molecule has 0 bridgehead atoms. The molecule has 0 saturated heterocycles. The second-order valence-corrected chi connectivity index (χ2v) is 4.74. The molecule has 0 aliphatic heterocycles. The van der Waals surface area contributed by atoms with E-state index in [4.69, 9.17) is 0 Å². The summed E-state index contributed by atoms with van der Waals surface area (Å²) in [5.41, 5.74) is 1.51. The molecule has 0 aliphatic carbocycles. The summed E-state index contributed by atoms with van der Waals surface area (Å²) in [6, 6.07) is 12.7. The zero-order valence-electron chi connectivity index (χ0n) is 11.9. The van der Waals surface area contributed by atoms with Gasteiger partial charge in [0.05, 0.1) is 5.56 Å². The van der Waals surface area contributed by atoms with Gasteiger partial charge in [-0.3, -0.25) is 4.79 Å². The summed E-state index contributed by atoms with van der Waals surface area (Å²) in [5, 5.41) is 2.80. The van der Waals surface area contributed by atoms with Gasteiger partial charge in [-0.25, -0.2) is 4.98 Å². The SMILES string of the molecule is CN(CCCNC(=O)c1ccc(F)nc1)c1ccccc1. The number of nitrogens with one attached hydrogen (secondary N) is 1. The van der Waals surface area contributed by atoms with Crippen molar-refractivity contribution in [3.8, 4) is 0 Å². The minimum atomic E-state index is -0.587. The maximum atomic E-state index is 12.7. The standard InChI is InChI=1S/C16H18FN3O/c1-20(14-6-3-2-4-7-14)11-5-10-18-16(21)13-8-9-15(17)19-12-13/h2-4,6-9,12H,5,10-11H2,1H3,(H,18,21). The first-order chi connectivity index (χ1) is 10.2. The first-order valence-corrected chi connectivity index (χ1v) is 6.83. The van der Waals surface area contributed by atoms with Gasteiger partial charge in [-0.1, -0.05) is 18.2 Å². The third-order valence-corrected chi connectivity index (χ3v) is 3.14. The van der Waals surface area contributed by atoms with Crippen LogP contribution in [0.4, 0.5) is 10.1 Å². The molecule has 4 nitrogen and oxygen atoms in total. The number of carbonyl (C=O) groups excluding carboxylic acids is 1.